The lowest BCUT2D eigenvalue weighted by molar-refractivity contribution is 0.102. The molecule has 0 aliphatic rings. The van der Waals surface area contributed by atoms with Crippen molar-refractivity contribution in [2.75, 3.05) is 30.9 Å². The number of nitrogens with zero attached hydrogens (tertiary/aromatic N) is 1. The van der Waals surface area contributed by atoms with E-state index in [9.17, 15) is 4.79 Å². The van der Waals surface area contributed by atoms with Crippen LogP contribution in [0.1, 0.15) is 16.9 Å². The number of carbonyl (C=O) groups excluding carboxylic acids is 1. The Morgan fingerprint density at radius 2 is 2.00 bits per heavy atom. The summed E-state index contributed by atoms with van der Waals surface area (Å²) in [6, 6.07) is 11.0. The van der Waals surface area contributed by atoms with E-state index in [0.29, 0.717) is 12.3 Å². The number of nitrogens with one attached hydrogen (secondary N) is 2. The molecule has 0 aliphatic carbocycles. The smallest absolute Gasteiger partial charge is 0.274 e. The second-order valence-electron chi connectivity index (χ2n) is 4.66. The molecular weight excluding hydrogens is 346 g/mol. The fourth-order valence-corrected chi connectivity index (χ4v) is 2.11. The third-order valence-corrected chi connectivity index (χ3v) is 3.48. The van der Waals surface area contributed by atoms with E-state index in [-0.39, 0.29) is 5.91 Å². The van der Waals surface area contributed by atoms with Crippen LogP contribution in [0, 0.1) is 0 Å². The molecule has 0 saturated heterocycles. The Kier molecular flexibility index (Phi) is 6.36. The minimum absolute atomic E-state index is 0.233. The Bertz CT molecular complexity index is 617. The molecule has 0 radical (unpaired) electrons. The summed E-state index contributed by atoms with van der Waals surface area (Å²) >= 11 is 3.36. The summed E-state index contributed by atoms with van der Waals surface area (Å²) in [6.45, 7) is 1.49. The van der Waals surface area contributed by atoms with Gasteiger partial charge in [0.05, 0.1) is 0 Å². The van der Waals surface area contributed by atoms with Crippen molar-refractivity contribution in [2.45, 2.75) is 6.42 Å². The maximum Gasteiger partial charge on any atom is 0.274 e. The Labute approximate surface area is 138 Å². The first-order chi connectivity index (χ1) is 10.7. The maximum atomic E-state index is 12.2. The molecule has 1 amide bonds. The van der Waals surface area contributed by atoms with E-state index in [2.05, 4.69) is 31.5 Å². The number of hydrogen-bond donors (Lipinski definition) is 2. The van der Waals surface area contributed by atoms with Crippen LogP contribution in [-0.4, -0.2) is 31.2 Å². The van der Waals surface area contributed by atoms with Gasteiger partial charge in [0, 0.05) is 42.3 Å². The highest BCUT2D eigenvalue weighted by Gasteiger charge is 2.08. The Hall–Kier alpha value is -1.92. The second kappa shape index (κ2) is 8.51. The molecule has 0 saturated carbocycles. The quantitative estimate of drug-likeness (QED) is 0.738. The SMILES string of the molecule is COCCCNc1ccnc(C(=O)Nc2ccc(Br)cc2)c1. The lowest BCUT2D eigenvalue weighted by Gasteiger charge is -2.08. The molecule has 1 aromatic heterocycles. The van der Waals surface area contributed by atoms with Gasteiger partial charge in [-0.3, -0.25) is 9.78 Å². The first-order valence-electron chi connectivity index (χ1n) is 6.95. The zero-order valence-corrected chi connectivity index (χ0v) is 13.9. The van der Waals surface area contributed by atoms with E-state index in [0.717, 1.165) is 28.8 Å². The molecular formula is C16H18BrN3O2. The van der Waals surface area contributed by atoms with E-state index in [4.69, 9.17) is 4.74 Å². The number of hydrogen-bond acceptors (Lipinski definition) is 4. The Morgan fingerprint density at radius 1 is 1.23 bits per heavy atom. The number of amides is 1. The van der Waals surface area contributed by atoms with E-state index >= 15 is 0 Å². The average molecular weight is 364 g/mol. The Balaban J connectivity index is 1.96. The molecule has 1 heterocycles. The molecule has 116 valence electrons. The lowest BCUT2D eigenvalue weighted by Crippen LogP contribution is -2.14. The molecule has 22 heavy (non-hydrogen) atoms. The van der Waals surface area contributed by atoms with Gasteiger partial charge in [-0.15, -0.1) is 0 Å². The number of halogens is 1. The van der Waals surface area contributed by atoms with Crippen LogP contribution in [-0.2, 0) is 4.74 Å². The number of aromatic nitrogens is 1. The van der Waals surface area contributed by atoms with E-state index in [1.807, 2.05) is 30.3 Å². The highest BCUT2D eigenvalue weighted by atomic mass is 79.9. The van der Waals surface area contributed by atoms with E-state index < -0.39 is 0 Å². The summed E-state index contributed by atoms with van der Waals surface area (Å²) in [4.78, 5) is 16.3. The van der Waals surface area contributed by atoms with Crippen molar-refractivity contribution >= 4 is 33.2 Å². The number of ether oxygens (including phenoxy) is 1. The van der Waals surface area contributed by atoms with Gasteiger partial charge in [0.25, 0.3) is 5.91 Å². The van der Waals surface area contributed by atoms with Crippen LogP contribution in [0.2, 0.25) is 0 Å². The molecule has 2 aromatic rings. The summed E-state index contributed by atoms with van der Waals surface area (Å²) in [5.74, 6) is -0.233. The van der Waals surface area contributed by atoms with Crippen LogP contribution in [0.25, 0.3) is 0 Å². The number of anilines is 2. The summed E-state index contributed by atoms with van der Waals surface area (Å²) in [5.41, 5.74) is 1.97. The van der Waals surface area contributed by atoms with Crippen LogP contribution in [0.5, 0.6) is 0 Å². The highest BCUT2D eigenvalue weighted by Crippen LogP contribution is 2.15. The normalized spacial score (nSPS) is 10.3. The summed E-state index contributed by atoms with van der Waals surface area (Å²) < 4.78 is 5.96. The molecule has 1 aromatic carbocycles. The first-order valence-corrected chi connectivity index (χ1v) is 7.74. The maximum absolute atomic E-state index is 12.2. The van der Waals surface area contributed by atoms with Gasteiger partial charge in [-0.2, -0.15) is 0 Å². The van der Waals surface area contributed by atoms with Crippen LogP contribution in [0.3, 0.4) is 0 Å². The van der Waals surface area contributed by atoms with Gasteiger partial charge in [-0.1, -0.05) is 15.9 Å². The fourth-order valence-electron chi connectivity index (χ4n) is 1.84. The third kappa shape index (κ3) is 5.13. The molecule has 0 atom stereocenters. The molecule has 0 aliphatic heterocycles. The average Bonchev–Trinajstić information content (AvgIpc) is 2.54. The minimum Gasteiger partial charge on any atom is -0.385 e. The topological polar surface area (TPSA) is 63.2 Å². The van der Waals surface area contributed by atoms with E-state index in [1.54, 1.807) is 19.4 Å². The fraction of sp³-hybridized carbons (Fsp3) is 0.250. The van der Waals surface area contributed by atoms with Crippen molar-refractivity contribution in [3.63, 3.8) is 0 Å². The van der Waals surface area contributed by atoms with Crippen molar-refractivity contribution in [1.29, 1.82) is 0 Å². The molecule has 6 heteroatoms. The van der Waals surface area contributed by atoms with Crippen LogP contribution in [0.15, 0.2) is 47.1 Å². The molecule has 0 unspecified atom stereocenters. The number of pyridine rings is 1. The summed E-state index contributed by atoms with van der Waals surface area (Å²) in [6.07, 6.45) is 2.52. The number of benzene rings is 1. The predicted molar refractivity (Wildman–Crippen MR) is 91.3 cm³/mol. The second-order valence-corrected chi connectivity index (χ2v) is 5.58. The molecule has 0 fully saturated rings. The third-order valence-electron chi connectivity index (χ3n) is 2.95. The van der Waals surface area contributed by atoms with Crippen molar-refractivity contribution in [2.24, 2.45) is 0 Å². The number of rotatable bonds is 7. The van der Waals surface area contributed by atoms with Gasteiger partial charge in [0.2, 0.25) is 0 Å². The molecule has 0 spiro atoms. The number of carbonyl (C=O) groups is 1. The Morgan fingerprint density at radius 3 is 2.73 bits per heavy atom. The van der Waals surface area contributed by atoms with Gasteiger partial charge in [0.1, 0.15) is 5.69 Å². The monoisotopic (exact) mass is 363 g/mol. The standard InChI is InChI=1S/C16H18BrN3O2/c1-22-10-2-8-18-14-7-9-19-15(11-14)16(21)20-13-5-3-12(17)4-6-13/h3-7,9,11H,2,8,10H2,1H3,(H,18,19)(H,20,21). The van der Waals surface area contributed by atoms with Crippen molar-refractivity contribution in [1.82, 2.24) is 4.98 Å². The van der Waals surface area contributed by atoms with E-state index in [1.165, 1.54) is 0 Å². The van der Waals surface area contributed by atoms with Crippen LogP contribution < -0.4 is 10.6 Å². The van der Waals surface area contributed by atoms with Gasteiger partial charge in [-0.05, 0) is 42.8 Å². The number of methoxy groups -OCH3 is 1. The van der Waals surface area contributed by atoms with Crippen LogP contribution in [0.4, 0.5) is 11.4 Å². The minimum atomic E-state index is -0.233. The molecule has 2 N–H and O–H groups in total. The highest BCUT2D eigenvalue weighted by molar-refractivity contribution is 9.10. The summed E-state index contributed by atoms with van der Waals surface area (Å²) in [7, 11) is 1.68. The molecule has 5 nitrogen and oxygen atoms in total. The van der Waals surface area contributed by atoms with Crippen molar-refractivity contribution in [3.8, 4) is 0 Å². The summed E-state index contributed by atoms with van der Waals surface area (Å²) in [5, 5.41) is 6.06. The zero-order valence-electron chi connectivity index (χ0n) is 12.3. The molecule has 0 bridgehead atoms. The predicted octanol–water partition coefficient (Wildman–Crippen LogP) is 3.54. The van der Waals surface area contributed by atoms with Gasteiger partial charge >= 0.3 is 0 Å². The van der Waals surface area contributed by atoms with Crippen molar-refractivity contribution < 1.29 is 9.53 Å². The van der Waals surface area contributed by atoms with Gasteiger partial charge in [-0.25, -0.2) is 0 Å². The molecule has 2 rings (SSSR count). The van der Waals surface area contributed by atoms with Crippen LogP contribution >= 0.6 is 15.9 Å². The zero-order chi connectivity index (χ0) is 15.8. The first kappa shape index (κ1) is 16.5. The van der Waals surface area contributed by atoms with Crippen molar-refractivity contribution in [3.05, 3.63) is 52.8 Å². The van der Waals surface area contributed by atoms with Gasteiger partial charge in [0.15, 0.2) is 0 Å². The van der Waals surface area contributed by atoms with Gasteiger partial charge < -0.3 is 15.4 Å². The lowest BCUT2D eigenvalue weighted by atomic mass is 10.2. The largest absolute Gasteiger partial charge is 0.385 e.